The van der Waals surface area contributed by atoms with E-state index in [2.05, 4.69) is 10.6 Å². The van der Waals surface area contributed by atoms with Gasteiger partial charge < -0.3 is 10.6 Å². The third kappa shape index (κ3) is 4.25. The minimum absolute atomic E-state index is 0.101. The van der Waals surface area contributed by atoms with Gasteiger partial charge in [-0.05, 0) is 36.8 Å². The molecule has 0 heterocycles. The molecule has 0 aromatic heterocycles. The van der Waals surface area contributed by atoms with Crippen molar-refractivity contribution in [3.05, 3.63) is 69.8 Å². The molecule has 0 bridgehead atoms. The highest BCUT2D eigenvalue weighted by Gasteiger charge is 2.10. The van der Waals surface area contributed by atoms with E-state index in [0.717, 1.165) is 11.3 Å². The van der Waals surface area contributed by atoms with Gasteiger partial charge in [0.25, 0.3) is 5.69 Å². The Kier molecular flexibility index (Phi) is 4.84. The highest BCUT2D eigenvalue weighted by molar-refractivity contribution is 7.80. The van der Waals surface area contributed by atoms with Crippen molar-refractivity contribution in [2.75, 3.05) is 5.32 Å². The Morgan fingerprint density at radius 3 is 2.57 bits per heavy atom. The van der Waals surface area contributed by atoms with Crippen molar-refractivity contribution in [2.45, 2.75) is 13.5 Å². The summed E-state index contributed by atoms with van der Waals surface area (Å²) in [6, 6.07) is 14.7. The van der Waals surface area contributed by atoms with Crippen LogP contribution in [0, 0.1) is 17.0 Å². The molecule has 0 unspecified atom stereocenters. The minimum atomic E-state index is -0.398. The highest BCUT2D eigenvalue weighted by Crippen LogP contribution is 2.21. The maximum atomic E-state index is 10.8. The number of anilines is 1. The molecule has 0 saturated heterocycles. The first kappa shape index (κ1) is 14.9. The number of nitrogens with zero attached hydrogens (tertiary/aromatic N) is 1. The van der Waals surface area contributed by atoms with Gasteiger partial charge in [-0.15, -0.1) is 0 Å². The minimum Gasteiger partial charge on any atom is -0.358 e. The molecule has 0 saturated carbocycles. The Morgan fingerprint density at radius 2 is 1.95 bits per heavy atom. The number of rotatable bonds is 4. The van der Waals surface area contributed by atoms with Crippen molar-refractivity contribution in [1.82, 2.24) is 5.32 Å². The average molecular weight is 301 g/mol. The van der Waals surface area contributed by atoms with E-state index in [0.29, 0.717) is 17.2 Å². The zero-order chi connectivity index (χ0) is 15.2. The Labute approximate surface area is 128 Å². The lowest BCUT2D eigenvalue weighted by Gasteiger charge is -2.11. The number of nitrogens with one attached hydrogen (secondary N) is 2. The molecule has 2 aromatic carbocycles. The predicted molar refractivity (Wildman–Crippen MR) is 87.3 cm³/mol. The Hall–Kier alpha value is -2.47. The molecule has 2 aromatic rings. The van der Waals surface area contributed by atoms with E-state index < -0.39 is 4.92 Å². The fraction of sp³-hybridized carbons (Fsp3) is 0.133. The molecule has 5 nitrogen and oxygen atoms in total. The van der Waals surface area contributed by atoms with Crippen LogP contribution in [0.3, 0.4) is 0 Å². The lowest BCUT2D eigenvalue weighted by molar-refractivity contribution is -0.385. The van der Waals surface area contributed by atoms with Crippen LogP contribution in [0.5, 0.6) is 0 Å². The largest absolute Gasteiger partial charge is 0.358 e. The lowest BCUT2D eigenvalue weighted by atomic mass is 10.2. The van der Waals surface area contributed by atoms with Crippen LogP contribution in [0.1, 0.15) is 11.1 Å². The summed E-state index contributed by atoms with van der Waals surface area (Å²) in [4.78, 5) is 10.4. The summed E-state index contributed by atoms with van der Waals surface area (Å²) in [5.41, 5.74) is 2.55. The second kappa shape index (κ2) is 6.81. The predicted octanol–water partition coefficient (Wildman–Crippen LogP) is 3.39. The molecule has 0 atom stereocenters. The Balaban J connectivity index is 1.94. The number of benzene rings is 2. The molecular formula is C15H15N3O2S. The molecule has 0 radical (unpaired) electrons. The van der Waals surface area contributed by atoms with Crippen molar-refractivity contribution < 1.29 is 4.92 Å². The van der Waals surface area contributed by atoms with Crippen LogP contribution in [0.4, 0.5) is 11.4 Å². The SMILES string of the molecule is Cc1cc(NC(=S)NCc2ccccc2)ccc1[N+](=O)[O-]. The normalized spacial score (nSPS) is 9.95. The van der Waals surface area contributed by atoms with Gasteiger partial charge in [-0.1, -0.05) is 30.3 Å². The quantitative estimate of drug-likeness (QED) is 0.515. The third-order valence-electron chi connectivity index (χ3n) is 2.95. The lowest BCUT2D eigenvalue weighted by Crippen LogP contribution is -2.27. The summed E-state index contributed by atoms with van der Waals surface area (Å²) < 4.78 is 0. The highest BCUT2D eigenvalue weighted by atomic mass is 32.1. The van der Waals surface area contributed by atoms with Gasteiger partial charge in [-0.2, -0.15) is 0 Å². The number of nitro groups is 1. The maximum absolute atomic E-state index is 10.8. The van der Waals surface area contributed by atoms with Crippen molar-refractivity contribution in [2.24, 2.45) is 0 Å². The van der Waals surface area contributed by atoms with Gasteiger partial charge in [0.1, 0.15) is 0 Å². The first-order chi connectivity index (χ1) is 10.1. The fourth-order valence-corrected chi connectivity index (χ4v) is 2.08. The summed E-state index contributed by atoms with van der Waals surface area (Å²) >= 11 is 5.21. The van der Waals surface area contributed by atoms with E-state index in [4.69, 9.17) is 12.2 Å². The zero-order valence-corrected chi connectivity index (χ0v) is 12.3. The zero-order valence-electron chi connectivity index (χ0n) is 11.5. The van der Waals surface area contributed by atoms with Crippen LogP contribution in [0.2, 0.25) is 0 Å². The first-order valence-corrected chi connectivity index (χ1v) is 6.81. The van der Waals surface area contributed by atoms with Gasteiger partial charge in [0, 0.05) is 23.9 Å². The molecule has 0 aliphatic heterocycles. The second-order valence-electron chi connectivity index (χ2n) is 4.55. The van der Waals surface area contributed by atoms with Crippen LogP contribution >= 0.6 is 12.2 Å². The molecular weight excluding hydrogens is 286 g/mol. The van der Waals surface area contributed by atoms with E-state index >= 15 is 0 Å². The van der Waals surface area contributed by atoms with Gasteiger partial charge in [-0.25, -0.2) is 0 Å². The summed E-state index contributed by atoms with van der Waals surface area (Å²) in [7, 11) is 0. The molecule has 0 fully saturated rings. The summed E-state index contributed by atoms with van der Waals surface area (Å²) in [5, 5.41) is 17.3. The molecule has 21 heavy (non-hydrogen) atoms. The van der Waals surface area contributed by atoms with Crippen LogP contribution < -0.4 is 10.6 Å². The van der Waals surface area contributed by atoms with Gasteiger partial charge in [0.05, 0.1) is 4.92 Å². The number of aryl methyl sites for hydroxylation is 1. The topological polar surface area (TPSA) is 67.2 Å². The number of hydrogen-bond donors (Lipinski definition) is 2. The fourth-order valence-electron chi connectivity index (χ4n) is 1.89. The first-order valence-electron chi connectivity index (χ1n) is 6.40. The van der Waals surface area contributed by atoms with Crippen LogP contribution in [-0.2, 0) is 6.54 Å². The summed E-state index contributed by atoms with van der Waals surface area (Å²) in [6.45, 7) is 2.32. The smallest absolute Gasteiger partial charge is 0.272 e. The van der Waals surface area contributed by atoms with Gasteiger partial charge in [0.2, 0.25) is 0 Å². The van der Waals surface area contributed by atoms with E-state index in [1.54, 1.807) is 19.1 Å². The van der Waals surface area contributed by atoms with E-state index in [1.807, 2.05) is 30.3 Å². The average Bonchev–Trinajstić information content (AvgIpc) is 2.46. The van der Waals surface area contributed by atoms with Crippen molar-refractivity contribution in [3.63, 3.8) is 0 Å². The van der Waals surface area contributed by atoms with Crippen molar-refractivity contribution in [3.8, 4) is 0 Å². The monoisotopic (exact) mass is 301 g/mol. The molecule has 0 aliphatic carbocycles. The molecule has 108 valence electrons. The van der Waals surface area contributed by atoms with E-state index in [-0.39, 0.29) is 5.69 Å². The van der Waals surface area contributed by atoms with Crippen LogP contribution in [-0.4, -0.2) is 10.0 Å². The number of thiocarbonyl (C=S) groups is 1. The maximum Gasteiger partial charge on any atom is 0.272 e. The molecule has 2 rings (SSSR count). The molecule has 2 N–H and O–H groups in total. The number of nitro benzene ring substituents is 1. The second-order valence-corrected chi connectivity index (χ2v) is 4.96. The van der Waals surface area contributed by atoms with Crippen molar-refractivity contribution >= 4 is 28.7 Å². The molecule has 0 amide bonds. The Bertz CT molecular complexity index is 659. The van der Waals surface area contributed by atoms with Gasteiger partial charge in [-0.3, -0.25) is 10.1 Å². The van der Waals surface area contributed by atoms with Crippen LogP contribution in [0.15, 0.2) is 48.5 Å². The Morgan fingerprint density at radius 1 is 1.24 bits per heavy atom. The van der Waals surface area contributed by atoms with Crippen LogP contribution in [0.25, 0.3) is 0 Å². The third-order valence-corrected chi connectivity index (χ3v) is 3.19. The standard InChI is InChI=1S/C15H15N3O2S/c1-11-9-13(7-8-14(11)18(19)20)17-15(21)16-10-12-5-3-2-4-6-12/h2-9H,10H2,1H3,(H2,16,17,21). The van der Waals surface area contributed by atoms with Gasteiger partial charge in [0.15, 0.2) is 5.11 Å². The van der Waals surface area contributed by atoms with E-state index in [1.165, 1.54) is 6.07 Å². The summed E-state index contributed by atoms with van der Waals surface area (Å²) in [6.07, 6.45) is 0. The van der Waals surface area contributed by atoms with E-state index in [9.17, 15) is 10.1 Å². The molecule has 0 aliphatic rings. The van der Waals surface area contributed by atoms with Crippen molar-refractivity contribution in [1.29, 1.82) is 0 Å². The molecule has 0 spiro atoms. The molecule has 6 heteroatoms. The number of hydrogen-bond acceptors (Lipinski definition) is 3. The van der Waals surface area contributed by atoms with Gasteiger partial charge >= 0.3 is 0 Å². The summed E-state index contributed by atoms with van der Waals surface area (Å²) in [5.74, 6) is 0.